The largest absolute Gasteiger partial charge is 0.392 e. The first-order valence-electron chi connectivity index (χ1n) is 6.49. The summed E-state index contributed by atoms with van der Waals surface area (Å²) >= 11 is 3.33. The van der Waals surface area contributed by atoms with Crippen molar-refractivity contribution in [3.63, 3.8) is 0 Å². The van der Waals surface area contributed by atoms with Gasteiger partial charge in [-0.15, -0.1) is 0 Å². The minimum absolute atomic E-state index is 0.192. The van der Waals surface area contributed by atoms with E-state index in [9.17, 15) is 9.90 Å². The van der Waals surface area contributed by atoms with E-state index in [2.05, 4.69) is 31.5 Å². The van der Waals surface area contributed by atoms with E-state index in [0.29, 0.717) is 23.6 Å². The second-order valence-corrected chi connectivity index (χ2v) is 5.54. The maximum atomic E-state index is 12.1. The van der Waals surface area contributed by atoms with Crippen molar-refractivity contribution in [2.24, 2.45) is 0 Å². The molecule has 3 N–H and O–H groups in total. The molecule has 5 nitrogen and oxygen atoms in total. The Balaban J connectivity index is 1.98. The standard InChI is InChI=1S/C15H16BrN3O2/c1-10(20)8-17-14-6-5-13(9-18-14)19-15(21)11-3-2-4-12(16)7-11/h2-7,9-10,20H,8H2,1H3,(H,17,18)(H,19,21). The first-order chi connectivity index (χ1) is 10.0. The number of carbonyl (C=O) groups excluding carboxylic acids is 1. The van der Waals surface area contributed by atoms with Gasteiger partial charge >= 0.3 is 0 Å². The maximum absolute atomic E-state index is 12.1. The summed E-state index contributed by atoms with van der Waals surface area (Å²) in [6.45, 7) is 2.12. The van der Waals surface area contributed by atoms with Crippen LogP contribution in [0, 0.1) is 0 Å². The van der Waals surface area contributed by atoms with Crippen LogP contribution in [-0.4, -0.2) is 28.6 Å². The van der Waals surface area contributed by atoms with E-state index in [1.807, 2.05) is 6.07 Å². The van der Waals surface area contributed by atoms with Crippen LogP contribution in [0.1, 0.15) is 17.3 Å². The van der Waals surface area contributed by atoms with Gasteiger partial charge in [-0.3, -0.25) is 4.79 Å². The first-order valence-corrected chi connectivity index (χ1v) is 7.29. The Morgan fingerprint density at radius 2 is 2.19 bits per heavy atom. The highest BCUT2D eigenvalue weighted by Crippen LogP contribution is 2.14. The van der Waals surface area contributed by atoms with Gasteiger partial charge in [0.05, 0.1) is 18.0 Å². The van der Waals surface area contributed by atoms with Crippen LogP contribution in [0.4, 0.5) is 11.5 Å². The van der Waals surface area contributed by atoms with Crippen LogP contribution in [-0.2, 0) is 0 Å². The van der Waals surface area contributed by atoms with E-state index >= 15 is 0 Å². The van der Waals surface area contributed by atoms with Crippen LogP contribution in [0.15, 0.2) is 47.1 Å². The number of pyridine rings is 1. The van der Waals surface area contributed by atoms with Crippen LogP contribution >= 0.6 is 15.9 Å². The Morgan fingerprint density at radius 1 is 1.38 bits per heavy atom. The zero-order valence-corrected chi connectivity index (χ0v) is 13.1. The van der Waals surface area contributed by atoms with Crippen LogP contribution in [0.3, 0.4) is 0 Å². The maximum Gasteiger partial charge on any atom is 0.255 e. The number of nitrogens with one attached hydrogen (secondary N) is 2. The van der Waals surface area contributed by atoms with Gasteiger partial charge in [-0.05, 0) is 37.3 Å². The van der Waals surface area contributed by atoms with Gasteiger partial charge in [0.25, 0.3) is 5.91 Å². The fourth-order valence-electron chi connectivity index (χ4n) is 1.66. The molecule has 1 amide bonds. The number of hydrogen-bond acceptors (Lipinski definition) is 4. The molecule has 0 aliphatic rings. The molecule has 1 aromatic carbocycles. The third-order valence-corrected chi connectivity index (χ3v) is 3.18. The van der Waals surface area contributed by atoms with Crippen molar-refractivity contribution in [1.29, 1.82) is 0 Å². The molecule has 0 spiro atoms. The molecule has 0 saturated carbocycles. The third-order valence-electron chi connectivity index (χ3n) is 2.69. The Kier molecular flexibility index (Phi) is 5.30. The number of hydrogen-bond donors (Lipinski definition) is 3. The number of benzene rings is 1. The van der Waals surface area contributed by atoms with Gasteiger partial charge < -0.3 is 15.7 Å². The Morgan fingerprint density at radius 3 is 2.81 bits per heavy atom. The van der Waals surface area contributed by atoms with Gasteiger partial charge in [0, 0.05) is 16.6 Å². The number of nitrogens with zero attached hydrogens (tertiary/aromatic N) is 1. The number of rotatable bonds is 5. The Bertz CT molecular complexity index is 615. The molecular weight excluding hydrogens is 334 g/mol. The number of aromatic nitrogens is 1. The summed E-state index contributed by atoms with van der Waals surface area (Å²) in [5.74, 6) is 0.458. The Labute approximate surface area is 131 Å². The van der Waals surface area contributed by atoms with E-state index in [1.54, 1.807) is 43.5 Å². The average molecular weight is 350 g/mol. The topological polar surface area (TPSA) is 74.2 Å². The lowest BCUT2D eigenvalue weighted by Crippen LogP contribution is -2.16. The molecule has 110 valence electrons. The molecule has 21 heavy (non-hydrogen) atoms. The molecular formula is C15H16BrN3O2. The summed E-state index contributed by atoms with van der Waals surface area (Å²) in [6, 6.07) is 10.7. The number of anilines is 2. The number of halogens is 1. The lowest BCUT2D eigenvalue weighted by atomic mass is 10.2. The van der Waals surface area contributed by atoms with Crippen LogP contribution in [0.5, 0.6) is 0 Å². The average Bonchev–Trinajstić information content (AvgIpc) is 2.46. The van der Waals surface area contributed by atoms with Gasteiger partial charge in [-0.2, -0.15) is 0 Å². The molecule has 1 heterocycles. The lowest BCUT2D eigenvalue weighted by Gasteiger charge is -2.09. The van der Waals surface area contributed by atoms with Crippen LogP contribution in [0.2, 0.25) is 0 Å². The van der Waals surface area contributed by atoms with E-state index in [-0.39, 0.29) is 5.91 Å². The highest BCUT2D eigenvalue weighted by atomic mass is 79.9. The summed E-state index contributed by atoms with van der Waals surface area (Å²) in [5, 5.41) is 14.9. The van der Waals surface area contributed by atoms with Crippen molar-refractivity contribution in [1.82, 2.24) is 4.98 Å². The third kappa shape index (κ3) is 4.84. The summed E-state index contributed by atoms with van der Waals surface area (Å²) < 4.78 is 0.853. The SMILES string of the molecule is CC(O)CNc1ccc(NC(=O)c2cccc(Br)c2)cn1. The predicted octanol–water partition coefficient (Wildman–Crippen LogP) is 2.89. The number of amides is 1. The second-order valence-electron chi connectivity index (χ2n) is 4.63. The number of aliphatic hydroxyl groups is 1. The van der Waals surface area contributed by atoms with Gasteiger partial charge in [-0.25, -0.2) is 4.98 Å². The first kappa shape index (κ1) is 15.5. The highest BCUT2D eigenvalue weighted by molar-refractivity contribution is 9.10. The zero-order chi connectivity index (χ0) is 15.2. The molecule has 0 bridgehead atoms. The molecule has 0 radical (unpaired) electrons. The molecule has 1 aromatic heterocycles. The van der Waals surface area contributed by atoms with Crippen molar-refractivity contribution in [3.05, 3.63) is 52.6 Å². The van der Waals surface area contributed by atoms with Crippen molar-refractivity contribution in [3.8, 4) is 0 Å². The fourth-order valence-corrected chi connectivity index (χ4v) is 2.06. The molecule has 6 heteroatoms. The summed E-state index contributed by atoms with van der Waals surface area (Å²) in [7, 11) is 0. The van der Waals surface area contributed by atoms with Gasteiger partial charge in [-0.1, -0.05) is 22.0 Å². The number of carbonyl (C=O) groups is 1. The minimum Gasteiger partial charge on any atom is -0.392 e. The lowest BCUT2D eigenvalue weighted by molar-refractivity contribution is 0.102. The van der Waals surface area contributed by atoms with Crippen molar-refractivity contribution >= 4 is 33.3 Å². The quantitative estimate of drug-likeness (QED) is 0.775. The van der Waals surface area contributed by atoms with Crippen molar-refractivity contribution in [2.75, 3.05) is 17.2 Å². The van der Waals surface area contributed by atoms with E-state index < -0.39 is 6.10 Å². The van der Waals surface area contributed by atoms with Gasteiger partial charge in [0.15, 0.2) is 0 Å². The van der Waals surface area contributed by atoms with E-state index in [1.165, 1.54) is 0 Å². The Hall–Kier alpha value is -1.92. The molecule has 0 fully saturated rings. The molecule has 1 atom stereocenters. The molecule has 0 saturated heterocycles. The van der Waals surface area contributed by atoms with Gasteiger partial charge in [0.2, 0.25) is 0 Å². The zero-order valence-electron chi connectivity index (χ0n) is 11.5. The predicted molar refractivity (Wildman–Crippen MR) is 86.5 cm³/mol. The fraction of sp³-hybridized carbons (Fsp3) is 0.200. The summed E-state index contributed by atoms with van der Waals surface area (Å²) in [6.07, 6.45) is 1.13. The molecule has 1 unspecified atom stereocenters. The van der Waals surface area contributed by atoms with Crippen molar-refractivity contribution in [2.45, 2.75) is 13.0 Å². The summed E-state index contributed by atoms with van der Waals surface area (Å²) in [4.78, 5) is 16.2. The number of aliphatic hydroxyl groups excluding tert-OH is 1. The second kappa shape index (κ2) is 7.19. The molecule has 0 aliphatic heterocycles. The smallest absolute Gasteiger partial charge is 0.255 e. The van der Waals surface area contributed by atoms with E-state index in [0.717, 1.165) is 4.47 Å². The normalized spacial score (nSPS) is 11.8. The summed E-state index contributed by atoms with van der Waals surface area (Å²) in [5.41, 5.74) is 1.18. The highest BCUT2D eigenvalue weighted by Gasteiger charge is 2.06. The van der Waals surface area contributed by atoms with Gasteiger partial charge in [0.1, 0.15) is 5.82 Å². The van der Waals surface area contributed by atoms with Crippen LogP contribution in [0.25, 0.3) is 0 Å². The van der Waals surface area contributed by atoms with Crippen molar-refractivity contribution < 1.29 is 9.90 Å². The monoisotopic (exact) mass is 349 g/mol. The minimum atomic E-state index is -0.442. The molecule has 0 aliphatic carbocycles. The molecule has 2 rings (SSSR count). The molecule has 2 aromatic rings. The van der Waals surface area contributed by atoms with Crippen LogP contribution < -0.4 is 10.6 Å². The van der Waals surface area contributed by atoms with E-state index in [4.69, 9.17) is 0 Å².